The first-order valence-electron chi connectivity index (χ1n) is 26.2. The summed E-state index contributed by atoms with van der Waals surface area (Å²) in [4.78, 5) is 26.3. The molecule has 3 aliphatic rings. The van der Waals surface area contributed by atoms with E-state index in [1.54, 1.807) is 65.8 Å². The monoisotopic (exact) mass is 1210 g/mol. The van der Waals surface area contributed by atoms with Crippen LogP contribution in [0.15, 0.2) is 107 Å². The fourth-order valence-electron chi connectivity index (χ4n) is 8.73. The Morgan fingerprint density at radius 1 is 0.592 bits per heavy atom. The van der Waals surface area contributed by atoms with Crippen molar-refractivity contribution in [1.29, 1.82) is 0 Å². The van der Waals surface area contributed by atoms with Gasteiger partial charge >= 0.3 is 19.1 Å². The van der Waals surface area contributed by atoms with Crippen LogP contribution in [-0.2, 0) is 70.4 Å². The van der Waals surface area contributed by atoms with Gasteiger partial charge in [0.1, 0.15) is 11.2 Å². The van der Waals surface area contributed by atoms with Crippen molar-refractivity contribution in [1.82, 2.24) is 0 Å². The minimum atomic E-state index is -4.03. The number of sulfone groups is 2. The van der Waals surface area contributed by atoms with Crippen LogP contribution in [-0.4, -0.2) is 101 Å². The first kappa shape index (κ1) is 63.1. The highest BCUT2D eigenvalue weighted by Gasteiger charge is 2.56. The van der Waals surface area contributed by atoms with Crippen molar-refractivity contribution in [2.24, 2.45) is 0 Å². The van der Waals surface area contributed by atoms with E-state index >= 15 is 0 Å². The van der Waals surface area contributed by atoms with Crippen molar-refractivity contribution in [2.75, 3.05) is 26.4 Å². The zero-order valence-corrected chi connectivity index (χ0v) is 49.9. The van der Waals surface area contributed by atoms with Gasteiger partial charge in [-0.25, -0.2) is 25.6 Å². The molecular formula is C58H78BF2IO12S2. The molecule has 4 aromatic carbocycles. The van der Waals surface area contributed by atoms with E-state index in [2.05, 4.69) is 53.8 Å². The van der Waals surface area contributed by atoms with Crippen molar-refractivity contribution < 1.29 is 63.5 Å². The molecule has 18 heteroatoms. The summed E-state index contributed by atoms with van der Waals surface area (Å²) in [6.07, 6.45) is 2.62. The normalized spacial score (nSPS) is 18.1. The zero-order valence-electron chi connectivity index (χ0n) is 46.1. The number of rotatable bonds is 15. The van der Waals surface area contributed by atoms with E-state index in [9.17, 15) is 35.2 Å². The van der Waals surface area contributed by atoms with Crippen molar-refractivity contribution in [3.05, 3.63) is 112 Å². The van der Waals surface area contributed by atoms with Gasteiger partial charge in [0, 0.05) is 62.1 Å². The second-order valence-corrected chi connectivity index (χ2v) is 28.4. The van der Waals surface area contributed by atoms with Crippen LogP contribution in [0.2, 0.25) is 0 Å². The topological polar surface area (TPSA) is 158 Å². The van der Waals surface area contributed by atoms with Crippen LogP contribution in [0, 0.1) is 3.57 Å². The number of benzene rings is 4. The average Bonchev–Trinajstić information content (AvgIpc) is 3.59. The molecule has 0 atom stereocenters. The molecule has 3 saturated heterocycles. The number of hydrogen-bond acceptors (Lipinski definition) is 12. The SMILES string of the molecule is CC(C)(C)OC(=O)C1(S(=O)(=O)c2ccc(-c3ccc(CCCC(F)F)cc3)cc2)CCOCC1.CC(C)(C)OC(=O)C1(S(=O)(=O)c2ccc(B3OC(C)(C)C(C)(C)O3)cc2)CCOCC1.CCCCc1ccc(I)cc1. The van der Waals surface area contributed by atoms with E-state index in [0.717, 1.165) is 22.2 Å². The Morgan fingerprint density at radius 2 is 0.947 bits per heavy atom. The minimum Gasteiger partial charge on any atom is -0.459 e. The van der Waals surface area contributed by atoms with Gasteiger partial charge in [-0.05, 0) is 182 Å². The lowest BCUT2D eigenvalue weighted by Crippen LogP contribution is -2.53. The maximum absolute atomic E-state index is 13.7. The van der Waals surface area contributed by atoms with Crippen LogP contribution < -0.4 is 5.46 Å². The second kappa shape index (κ2) is 26.0. The van der Waals surface area contributed by atoms with Crippen LogP contribution >= 0.6 is 22.6 Å². The predicted molar refractivity (Wildman–Crippen MR) is 302 cm³/mol. The molecule has 0 bridgehead atoms. The lowest BCUT2D eigenvalue weighted by Gasteiger charge is -2.36. The molecule has 3 heterocycles. The van der Waals surface area contributed by atoms with Gasteiger partial charge in [-0.2, -0.15) is 0 Å². The third kappa shape index (κ3) is 16.0. The fourth-order valence-corrected chi connectivity index (χ4v) is 12.9. The number of hydrogen-bond donors (Lipinski definition) is 0. The summed E-state index contributed by atoms with van der Waals surface area (Å²) in [7, 11) is -8.64. The van der Waals surface area contributed by atoms with Crippen LogP contribution in [0.3, 0.4) is 0 Å². The van der Waals surface area contributed by atoms with Gasteiger partial charge < -0.3 is 28.3 Å². The lowest BCUT2D eigenvalue weighted by molar-refractivity contribution is -0.161. The Hall–Kier alpha value is -3.79. The smallest absolute Gasteiger partial charge is 0.459 e. The Balaban J connectivity index is 0.000000235. The summed E-state index contributed by atoms with van der Waals surface area (Å²) < 4.78 is 111. The van der Waals surface area contributed by atoms with E-state index < -0.39 is 77.1 Å². The molecule has 0 amide bonds. The summed E-state index contributed by atoms with van der Waals surface area (Å²) in [5, 5.41) is 0. The Bertz CT molecular complexity index is 2730. The lowest BCUT2D eigenvalue weighted by atomic mass is 9.79. The van der Waals surface area contributed by atoms with E-state index in [1.807, 2.05) is 52.0 Å². The standard InChI is InChI=1S/C26H32F2O5S.C22H33BO7S.C10H13I/c1-25(2,3)33-24(29)26(15-17-32-18-16-26)34(30,31)22-13-11-21(12-14-22)20-9-7-19(8-10-20)5-4-6-23(27)28;1-19(2,3)28-18(24)22(12-14-27-15-13-22)31(25,26)17-10-8-16(9-11-17)23-29-20(4,5)21(6,7)30-23;1-2-3-4-9-5-7-10(11)8-6-9/h7-14,23H,4-6,15-18H2,1-3H3;8-11H,12-15H2,1-7H3;5-8H,2-4H2,1H3. The minimum absolute atomic E-state index is 0.0407. The largest absolute Gasteiger partial charge is 0.494 e. The summed E-state index contributed by atoms with van der Waals surface area (Å²) in [5.41, 5.74) is 2.26. The van der Waals surface area contributed by atoms with Crippen molar-refractivity contribution in [3.8, 4) is 11.1 Å². The first-order valence-corrected chi connectivity index (χ1v) is 30.2. The predicted octanol–water partition coefficient (Wildman–Crippen LogP) is 11.9. The summed E-state index contributed by atoms with van der Waals surface area (Å²) in [6, 6.07) is 29.2. The number of unbranched alkanes of at least 4 members (excludes halogenated alkanes) is 1. The maximum atomic E-state index is 13.7. The van der Waals surface area contributed by atoms with Gasteiger partial charge in [0.2, 0.25) is 6.43 Å². The molecule has 0 aromatic heterocycles. The Morgan fingerprint density at radius 3 is 1.32 bits per heavy atom. The molecule has 0 aliphatic carbocycles. The van der Waals surface area contributed by atoms with Crippen LogP contribution in [0.1, 0.15) is 139 Å². The maximum Gasteiger partial charge on any atom is 0.494 e. The molecule has 7 rings (SSSR count). The molecule has 0 saturated carbocycles. The molecule has 3 aliphatic heterocycles. The Labute approximate surface area is 465 Å². The molecular weight excluding hydrogens is 1130 g/mol. The number of halogens is 3. The number of aryl methyl sites for hydroxylation is 2. The number of alkyl halides is 2. The number of esters is 2. The van der Waals surface area contributed by atoms with Gasteiger partial charge in [0.25, 0.3) is 0 Å². The first-order chi connectivity index (χ1) is 35.4. The number of carbonyl (C=O) groups excluding carboxylic acids is 2. The van der Waals surface area contributed by atoms with Crippen LogP contribution in [0.25, 0.3) is 11.1 Å². The second-order valence-electron chi connectivity index (χ2n) is 22.6. The molecule has 3 fully saturated rings. The molecule has 76 heavy (non-hydrogen) atoms. The fraction of sp³-hybridized carbons (Fsp3) is 0.552. The molecule has 0 N–H and O–H groups in total. The molecule has 0 unspecified atom stereocenters. The van der Waals surface area contributed by atoms with E-state index in [-0.39, 0.29) is 68.3 Å². The van der Waals surface area contributed by atoms with Gasteiger partial charge in [-0.1, -0.05) is 74.0 Å². The summed E-state index contributed by atoms with van der Waals surface area (Å²) in [5.74, 6) is -1.46. The quantitative estimate of drug-likeness (QED) is 0.0631. The number of ether oxygens (including phenoxy) is 4. The van der Waals surface area contributed by atoms with Gasteiger partial charge in [-0.15, -0.1) is 0 Å². The van der Waals surface area contributed by atoms with Gasteiger partial charge in [0.05, 0.1) is 21.0 Å². The van der Waals surface area contributed by atoms with Gasteiger partial charge in [-0.3, -0.25) is 9.59 Å². The highest BCUT2D eigenvalue weighted by molar-refractivity contribution is 14.1. The zero-order chi connectivity index (χ0) is 56.4. The van der Waals surface area contributed by atoms with E-state index in [4.69, 9.17) is 28.3 Å². The molecule has 0 spiro atoms. The van der Waals surface area contributed by atoms with Crippen molar-refractivity contribution in [2.45, 2.75) is 188 Å². The summed E-state index contributed by atoms with van der Waals surface area (Å²) >= 11 is 2.33. The van der Waals surface area contributed by atoms with Crippen molar-refractivity contribution >= 4 is 66.8 Å². The van der Waals surface area contributed by atoms with Crippen molar-refractivity contribution in [3.63, 3.8) is 0 Å². The van der Waals surface area contributed by atoms with Gasteiger partial charge in [0.15, 0.2) is 29.2 Å². The molecule has 12 nitrogen and oxygen atoms in total. The Kier molecular flexibility index (Phi) is 21.6. The highest BCUT2D eigenvalue weighted by Crippen LogP contribution is 2.40. The highest BCUT2D eigenvalue weighted by atomic mass is 127. The molecule has 418 valence electrons. The molecule has 0 radical (unpaired) electrons. The van der Waals surface area contributed by atoms with Crippen LogP contribution in [0.5, 0.6) is 0 Å². The summed E-state index contributed by atoms with van der Waals surface area (Å²) in [6.45, 7) is 21.1. The van der Waals surface area contributed by atoms with Crippen LogP contribution in [0.4, 0.5) is 8.78 Å². The van der Waals surface area contributed by atoms with E-state index in [0.29, 0.717) is 12.8 Å². The number of carbonyl (C=O) groups is 2. The average molecular weight is 1210 g/mol. The third-order valence-corrected chi connectivity index (χ3v) is 19.7. The molecule has 4 aromatic rings. The van der Waals surface area contributed by atoms with E-state index in [1.165, 1.54) is 52.7 Å². The third-order valence-electron chi connectivity index (χ3n) is 14.0.